The summed E-state index contributed by atoms with van der Waals surface area (Å²) in [6, 6.07) is 9.42. The van der Waals surface area contributed by atoms with E-state index in [2.05, 4.69) is 21.3 Å². The molecule has 2 aromatic rings. The molecule has 0 aromatic heterocycles. The minimum absolute atomic E-state index is 0. The maximum atomic E-state index is 13.2. The number of fused-ring (bicyclic) bond motifs is 4. The third kappa shape index (κ3) is 19.0. The first kappa shape index (κ1) is 83.7. The largest absolute Gasteiger partial charge is 0.445 e. The number of hydrogen-bond donors (Lipinski definition) is 21. The fourth-order valence-electron chi connectivity index (χ4n) is 14.3. The van der Waals surface area contributed by atoms with E-state index < -0.39 is 245 Å². The molecule has 7 saturated heterocycles. The van der Waals surface area contributed by atoms with E-state index >= 15 is 0 Å². The molecule has 38 nitrogen and oxygen atoms in total. The number of aliphatic hydroxyl groups is 11. The van der Waals surface area contributed by atoms with Crippen LogP contribution in [-0.2, 0) is 74.8 Å². The Bertz CT molecular complexity index is 2940. The Hall–Kier alpha value is -4.91. The highest BCUT2D eigenvalue weighted by atomic mass is 16.8. The fraction of sp³-hybridized carbons (Fsp3) is 0.769. The number of nitrogens with one attached hydrogen (secondary N) is 4. The molecule has 34 atom stereocenters. The minimum Gasteiger partial charge on any atom is -0.445 e. The van der Waals surface area contributed by atoms with E-state index in [-0.39, 0.29) is 66.8 Å². The van der Waals surface area contributed by atoms with Crippen LogP contribution in [0.5, 0.6) is 0 Å². The number of alkyl carbamates (subject to hydrolysis) is 2. The van der Waals surface area contributed by atoms with Gasteiger partial charge in [0.1, 0.15) is 105 Å². The van der Waals surface area contributed by atoms with Crippen LogP contribution in [0.25, 0.3) is 0 Å². The molecule has 586 valence electrons. The second-order valence-corrected chi connectivity index (χ2v) is 27.1. The number of carbonyl (C=O) groups is 3. The highest BCUT2D eigenvalue weighted by Crippen LogP contribution is 2.43. The Morgan fingerprint density at radius 3 is 1.66 bits per heavy atom. The van der Waals surface area contributed by atoms with Crippen molar-refractivity contribution in [1.82, 2.24) is 26.2 Å². The zero-order valence-corrected chi connectivity index (χ0v) is 55.9. The standard InChI is InChI=1S/C39H52N4O16.C24H49N7O11.2CH4/c1-18-13-23-32(33-26(43(2)39(51)58-33)35(54-23)59-36-30(48)28(46)25(40)24(15-44)55-36)57-34(18)56-31-22(42-38(50)53-17-20-11-7-4-8-12-20)14-21(27(45)29(31)47)41-37(49)52-16-19-9-5-3-6-10-19;1-30-14-17(35)21-11(3-10(29)22(41-21)40-20-9(28)2-8(27)15(33)18(20)36)38-23(14)42-24-19(37)16(34)13(12(6-32)39-24)31-7(4-25)5-26;;/h3-12,18,21-36,44-48H,13-17,40H2,1-2H3,(H,41,49)(H,42,50);7-24,30-37H,2-6,25-29H2,1H3;2*1H4/t18?,21-,22?,23+,24?,25-,26?,27?,28+,29-,30?,31-,32?,33?,34+,35?,36-;8-,9?,10?,11+,12?,13-,14?,15?,16+,17?,18-,19?,20-,21?,22+,23?,24-;;/m11../s1. The third-order valence-electron chi connectivity index (χ3n) is 20.2. The van der Waals surface area contributed by atoms with Gasteiger partial charge in [0.2, 0.25) is 0 Å². The molecule has 27 N–H and O–H groups in total. The molecule has 0 spiro atoms. The lowest BCUT2D eigenvalue weighted by Crippen LogP contribution is -2.70. The van der Waals surface area contributed by atoms with E-state index in [1.54, 1.807) is 62.5 Å². The molecule has 38 heteroatoms. The van der Waals surface area contributed by atoms with Crippen molar-refractivity contribution in [2.75, 3.05) is 40.4 Å². The smallest absolute Gasteiger partial charge is 0.410 e. The number of aliphatic hydroxyl groups excluding tert-OH is 11. The van der Waals surface area contributed by atoms with Crippen molar-refractivity contribution in [3.63, 3.8) is 0 Å². The first-order valence-electron chi connectivity index (χ1n) is 33.9. The quantitative estimate of drug-likeness (QED) is 0.0516. The van der Waals surface area contributed by atoms with Crippen LogP contribution in [0, 0.1) is 5.92 Å². The predicted octanol–water partition coefficient (Wildman–Crippen LogP) is -7.60. The molecule has 9 fully saturated rings. The average molecular weight is 1480 g/mol. The fourth-order valence-corrected chi connectivity index (χ4v) is 14.3. The predicted molar refractivity (Wildman–Crippen MR) is 356 cm³/mol. The number of amides is 3. The van der Waals surface area contributed by atoms with Gasteiger partial charge in [-0.15, -0.1) is 0 Å². The number of likely N-dealkylation sites (N-methyl/N-ethyl adjacent to an activating group) is 2. The Balaban J connectivity index is 0.000000271. The first-order valence-corrected chi connectivity index (χ1v) is 33.9. The van der Waals surface area contributed by atoms with Crippen LogP contribution in [0.4, 0.5) is 14.4 Å². The van der Waals surface area contributed by atoms with Gasteiger partial charge < -0.3 is 173 Å². The van der Waals surface area contributed by atoms with E-state index in [0.717, 1.165) is 11.1 Å². The Kier molecular flexibility index (Phi) is 30.3. The Labute approximate surface area is 595 Å². The van der Waals surface area contributed by atoms with Crippen LogP contribution in [-0.4, -0.2) is 328 Å². The van der Waals surface area contributed by atoms with Gasteiger partial charge in [-0.25, -0.2) is 14.4 Å². The lowest BCUT2D eigenvalue weighted by atomic mass is 9.83. The molecule has 18 unspecified atom stereocenters. The maximum Gasteiger partial charge on any atom is 0.410 e. The number of rotatable bonds is 21. The van der Waals surface area contributed by atoms with E-state index in [9.17, 15) is 70.6 Å². The number of ether oxygens (including phenoxy) is 13. The van der Waals surface area contributed by atoms with Gasteiger partial charge in [0, 0.05) is 44.2 Å². The molecule has 3 amide bonds. The molecule has 0 radical (unpaired) electrons. The van der Waals surface area contributed by atoms with Gasteiger partial charge >= 0.3 is 18.3 Å². The molecule has 9 aliphatic rings. The normalized spacial score (nSPS) is 42.9. The van der Waals surface area contributed by atoms with Crippen LogP contribution in [0.1, 0.15) is 58.6 Å². The third-order valence-corrected chi connectivity index (χ3v) is 20.2. The van der Waals surface area contributed by atoms with Gasteiger partial charge in [-0.05, 0) is 43.9 Å². The number of carbonyl (C=O) groups excluding carboxylic acids is 3. The van der Waals surface area contributed by atoms with Gasteiger partial charge in [-0.2, -0.15) is 0 Å². The molecule has 2 aliphatic carbocycles. The molecule has 103 heavy (non-hydrogen) atoms. The van der Waals surface area contributed by atoms with Crippen LogP contribution < -0.4 is 55.7 Å². The summed E-state index contributed by atoms with van der Waals surface area (Å²) < 4.78 is 77.2. The lowest BCUT2D eigenvalue weighted by Gasteiger charge is -2.51. The lowest BCUT2D eigenvalue weighted by molar-refractivity contribution is -0.375. The Morgan fingerprint density at radius 2 is 1.07 bits per heavy atom. The van der Waals surface area contributed by atoms with Gasteiger partial charge in [0.05, 0.1) is 67.8 Å². The number of nitrogens with zero attached hydrogens (tertiary/aromatic N) is 1. The zero-order valence-electron chi connectivity index (χ0n) is 55.9. The molecular formula is C65H109N11O27. The van der Waals surface area contributed by atoms with Crippen molar-refractivity contribution >= 4 is 18.3 Å². The maximum absolute atomic E-state index is 13.2. The van der Waals surface area contributed by atoms with E-state index in [4.69, 9.17) is 96.0 Å². The number of hydrogen-bond acceptors (Lipinski definition) is 35. The molecule has 7 aliphatic heterocycles. The van der Waals surface area contributed by atoms with Crippen molar-refractivity contribution in [3.8, 4) is 0 Å². The van der Waals surface area contributed by atoms with Crippen molar-refractivity contribution in [2.45, 2.75) is 269 Å². The second-order valence-electron chi connectivity index (χ2n) is 27.1. The topological polar surface area (TPSA) is 601 Å². The second kappa shape index (κ2) is 37.3. The SMILES string of the molecule is C.C.CC1C[C@@H]2OC(O[C@H]3OC(CO)[C@@H](N)[C@H](O)C3O)C3C(OC(=O)N3C)C2O[C@@H]1O[C@@H]1C(NC(=O)OCc2ccccc2)C[C@@H](NC(=O)OCc2ccccc2)C(O)[C@H]1O.CNC1C(O[C@H]2OC(CO)[C@@H](NC(CN)CN)[C@H](O)C2O)O[C@H]2CC(N)[C@@H](O[C@@H]3C(N)C[C@@H](N)C(O)[C@H]3O)OC2C1O. The minimum atomic E-state index is -1.67. The van der Waals surface area contributed by atoms with Gasteiger partial charge in [-0.1, -0.05) is 82.4 Å². The highest BCUT2D eigenvalue weighted by Gasteiger charge is 2.62. The summed E-state index contributed by atoms with van der Waals surface area (Å²) in [6.07, 6.45) is -31.5. The van der Waals surface area contributed by atoms with Crippen LogP contribution in [0.3, 0.4) is 0 Å². The summed E-state index contributed by atoms with van der Waals surface area (Å²) >= 11 is 0. The van der Waals surface area contributed by atoms with Crippen LogP contribution >= 0.6 is 0 Å². The van der Waals surface area contributed by atoms with Gasteiger partial charge in [0.25, 0.3) is 0 Å². The molecule has 11 rings (SSSR count). The molecule has 2 aromatic carbocycles. The van der Waals surface area contributed by atoms with Crippen molar-refractivity contribution in [1.29, 1.82) is 0 Å². The molecule has 0 bridgehead atoms. The zero-order chi connectivity index (χ0) is 72.8. The molecular weight excluding hydrogens is 1370 g/mol. The van der Waals surface area contributed by atoms with E-state index in [0.29, 0.717) is 0 Å². The Morgan fingerprint density at radius 1 is 0.534 bits per heavy atom. The summed E-state index contributed by atoms with van der Waals surface area (Å²) in [5, 5.41) is 129. The summed E-state index contributed by atoms with van der Waals surface area (Å²) in [5.41, 5.74) is 37.0. The summed E-state index contributed by atoms with van der Waals surface area (Å²) in [7, 11) is 3.02. The summed E-state index contributed by atoms with van der Waals surface area (Å²) in [6.45, 7) is 0.937. The highest BCUT2D eigenvalue weighted by molar-refractivity contribution is 5.71. The van der Waals surface area contributed by atoms with Crippen molar-refractivity contribution in [3.05, 3.63) is 71.8 Å². The van der Waals surface area contributed by atoms with Gasteiger partial charge in [0.15, 0.2) is 43.8 Å². The van der Waals surface area contributed by atoms with Crippen LogP contribution in [0.2, 0.25) is 0 Å². The number of benzene rings is 2. The molecule has 2 saturated carbocycles. The van der Waals surface area contributed by atoms with Gasteiger partial charge in [-0.3, -0.25) is 4.90 Å². The first-order chi connectivity index (χ1) is 48.3. The average Bonchev–Trinajstić information content (AvgIpc) is 1.67. The van der Waals surface area contributed by atoms with E-state index in [1.165, 1.54) is 11.9 Å². The number of nitrogens with two attached hydrogens (primary N) is 6. The molecule has 7 heterocycles. The monoisotopic (exact) mass is 1480 g/mol. The summed E-state index contributed by atoms with van der Waals surface area (Å²) in [4.78, 5) is 40.2. The van der Waals surface area contributed by atoms with Crippen molar-refractivity contribution in [2.24, 2.45) is 40.3 Å². The van der Waals surface area contributed by atoms with Crippen LogP contribution in [0.15, 0.2) is 60.7 Å². The van der Waals surface area contributed by atoms with E-state index in [1.807, 2.05) is 12.1 Å². The summed E-state index contributed by atoms with van der Waals surface area (Å²) in [5.74, 6) is -0.475. The van der Waals surface area contributed by atoms with Crippen molar-refractivity contribution < 1.29 is 132 Å².